The molecule has 2 N–H and O–H groups in total. The average molecular weight is 460 g/mol. The van der Waals surface area contributed by atoms with Crippen molar-refractivity contribution in [2.75, 3.05) is 25.0 Å². The van der Waals surface area contributed by atoms with Crippen molar-refractivity contribution in [3.63, 3.8) is 0 Å². The summed E-state index contributed by atoms with van der Waals surface area (Å²) in [6.07, 6.45) is 2.71. The van der Waals surface area contributed by atoms with Crippen LogP contribution in [0.2, 0.25) is 0 Å². The van der Waals surface area contributed by atoms with E-state index in [1.165, 1.54) is 4.31 Å². The number of benzene rings is 2. The van der Waals surface area contributed by atoms with Gasteiger partial charge in [-0.15, -0.1) is 0 Å². The predicted octanol–water partition coefficient (Wildman–Crippen LogP) is 3.94. The zero-order valence-corrected chi connectivity index (χ0v) is 19.8. The van der Waals surface area contributed by atoms with E-state index in [4.69, 9.17) is 4.74 Å². The largest absolute Gasteiger partial charge is 0.489 e. The van der Waals surface area contributed by atoms with Crippen molar-refractivity contribution in [1.29, 1.82) is 0 Å². The van der Waals surface area contributed by atoms with Crippen molar-refractivity contribution < 1.29 is 17.9 Å². The number of sulfonamides is 1. The van der Waals surface area contributed by atoms with Gasteiger partial charge in [0.15, 0.2) is 0 Å². The van der Waals surface area contributed by atoms with E-state index in [9.17, 15) is 13.2 Å². The van der Waals surface area contributed by atoms with Gasteiger partial charge in [0, 0.05) is 13.1 Å². The third-order valence-electron chi connectivity index (χ3n) is 5.38. The molecule has 2 aromatic rings. The topological polar surface area (TPSA) is 87.7 Å². The number of hydrogen-bond acceptors (Lipinski definition) is 5. The summed E-state index contributed by atoms with van der Waals surface area (Å²) in [5, 5.41) is 6.03. The Kier molecular flexibility index (Phi) is 8.15. The van der Waals surface area contributed by atoms with E-state index in [0.29, 0.717) is 24.5 Å². The highest BCUT2D eigenvalue weighted by molar-refractivity contribution is 7.89. The molecule has 0 radical (unpaired) electrons. The first kappa shape index (κ1) is 24.1. The standard InChI is InChI=1S/C24H33N3O4S/c1-18(2)31-23-13-12-21(32(29,30)27-14-8-5-9-15-27)16-22(23)25-17-24(28)26-19(3)20-10-6-4-7-11-20/h4,6-7,10-13,16,18-19,25H,5,8-9,14-15,17H2,1-3H3,(H,26,28). The summed E-state index contributed by atoms with van der Waals surface area (Å²) in [5.74, 6) is 0.322. The van der Waals surface area contributed by atoms with Crippen LogP contribution in [0.4, 0.5) is 5.69 Å². The first-order valence-corrected chi connectivity index (χ1v) is 12.6. The van der Waals surface area contributed by atoms with Crippen LogP contribution >= 0.6 is 0 Å². The van der Waals surface area contributed by atoms with E-state index in [2.05, 4.69) is 10.6 Å². The van der Waals surface area contributed by atoms with E-state index >= 15 is 0 Å². The smallest absolute Gasteiger partial charge is 0.243 e. The fourth-order valence-corrected chi connectivity index (χ4v) is 5.26. The highest BCUT2D eigenvalue weighted by atomic mass is 32.2. The molecule has 0 saturated carbocycles. The van der Waals surface area contributed by atoms with Crippen LogP contribution in [0.25, 0.3) is 0 Å². The molecule has 8 heteroatoms. The molecule has 3 rings (SSSR count). The molecule has 2 aromatic carbocycles. The minimum Gasteiger partial charge on any atom is -0.489 e. The molecule has 0 bridgehead atoms. The van der Waals surface area contributed by atoms with E-state index in [1.807, 2.05) is 51.1 Å². The van der Waals surface area contributed by atoms with Crippen LogP contribution in [0, 0.1) is 0 Å². The third kappa shape index (κ3) is 6.23. The fourth-order valence-electron chi connectivity index (χ4n) is 3.71. The normalized spacial score (nSPS) is 15.9. The van der Waals surface area contributed by atoms with Crippen molar-refractivity contribution in [2.24, 2.45) is 0 Å². The van der Waals surface area contributed by atoms with E-state index in [1.54, 1.807) is 18.2 Å². The Labute approximate surface area is 191 Å². The van der Waals surface area contributed by atoms with Crippen LogP contribution in [-0.2, 0) is 14.8 Å². The Morgan fingerprint density at radius 1 is 1.03 bits per heavy atom. The van der Waals surface area contributed by atoms with Gasteiger partial charge in [-0.05, 0) is 57.4 Å². The summed E-state index contributed by atoms with van der Waals surface area (Å²) in [4.78, 5) is 12.7. The fraction of sp³-hybridized carbons (Fsp3) is 0.458. The second-order valence-electron chi connectivity index (χ2n) is 8.34. The monoisotopic (exact) mass is 459 g/mol. The molecule has 1 aliphatic rings. The van der Waals surface area contributed by atoms with Crippen molar-refractivity contribution in [3.8, 4) is 5.75 Å². The molecule has 1 atom stereocenters. The third-order valence-corrected chi connectivity index (χ3v) is 7.28. The SMILES string of the molecule is CC(C)Oc1ccc(S(=O)(=O)N2CCCCC2)cc1NCC(=O)NC(C)c1ccccc1. The number of carbonyl (C=O) groups is 1. The van der Waals surface area contributed by atoms with Gasteiger partial charge < -0.3 is 15.4 Å². The number of piperidine rings is 1. The van der Waals surface area contributed by atoms with Crippen molar-refractivity contribution in [3.05, 3.63) is 54.1 Å². The summed E-state index contributed by atoms with van der Waals surface area (Å²) in [7, 11) is -3.59. The lowest BCUT2D eigenvalue weighted by molar-refractivity contribution is -0.120. The van der Waals surface area contributed by atoms with E-state index in [0.717, 1.165) is 24.8 Å². The molecule has 1 saturated heterocycles. The number of anilines is 1. The van der Waals surface area contributed by atoms with Gasteiger partial charge in [0.1, 0.15) is 5.75 Å². The Hall–Kier alpha value is -2.58. The van der Waals surface area contributed by atoms with Crippen molar-refractivity contribution in [2.45, 2.75) is 57.1 Å². The Morgan fingerprint density at radius 3 is 2.38 bits per heavy atom. The maximum atomic E-state index is 13.1. The molecule has 1 amide bonds. The average Bonchev–Trinajstić information content (AvgIpc) is 2.79. The number of nitrogens with zero attached hydrogens (tertiary/aromatic N) is 1. The molecule has 1 heterocycles. The molecule has 1 aliphatic heterocycles. The van der Waals surface area contributed by atoms with E-state index < -0.39 is 10.0 Å². The van der Waals surface area contributed by atoms with Gasteiger partial charge in [-0.2, -0.15) is 4.31 Å². The molecule has 32 heavy (non-hydrogen) atoms. The number of rotatable bonds is 9. The predicted molar refractivity (Wildman–Crippen MR) is 126 cm³/mol. The summed E-state index contributed by atoms with van der Waals surface area (Å²) in [6.45, 7) is 6.79. The Balaban J connectivity index is 1.74. The van der Waals surface area contributed by atoms with Crippen LogP contribution in [0.3, 0.4) is 0 Å². The molecule has 1 unspecified atom stereocenters. The molecular weight excluding hydrogens is 426 g/mol. The first-order valence-electron chi connectivity index (χ1n) is 11.2. The lowest BCUT2D eigenvalue weighted by atomic mass is 10.1. The zero-order valence-electron chi connectivity index (χ0n) is 19.0. The van der Waals surface area contributed by atoms with Gasteiger partial charge in [-0.25, -0.2) is 8.42 Å². The van der Waals surface area contributed by atoms with Gasteiger partial charge in [0.2, 0.25) is 15.9 Å². The number of carbonyl (C=O) groups excluding carboxylic acids is 1. The van der Waals surface area contributed by atoms with Crippen LogP contribution in [0.15, 0.2) is 53.4 Å². The molecule has 1 fully saturated rings. The quantitative estimate of drug-likeness (QED) is 0.593. The summed E-state index contributed by atoms with van der Waals surface area (Å²) in [5.41, 5.74) is 1.50. The molecule has 0 spiro atoms. The minimum atomic E-state index is -3.59. The summed E-state index contributed by atoms with van der Waals surface area (Å²) >= 11 is 0. The van der Waals surface area contributed by atoms with Gasteiger partial charge >= 0.3 is 0 Å². The van der Waals surface area contributed by atoms with Gasteiger partial charge in [-0.3, -0.25) is 4.79 Å². The maximum absolute atomic E-state index is 13.1. The molecular formula is C24H33N3O4S. The number of nitrogens with one attached hydrogen (secondary N) is 2. The van der Waals surface area contributed by atoms with Crippen LogP contribution in [0.1, 0.15) is 51.6 Å². The van der Waals surface area contributed by atoms with Gasteiger partial charge in [0.05, 0.1) is 29.3 Å². The maximum Gasteiger partial charge on any atom is 0.243 e. The number of amides is 1. The van der Waals surface area contributed by atoms with Gasteiger partial charge in [0.25, 0.3) is 0 Å². The number of ether oxygens (including phenoxy) is 1. The molecule has 0 aromatic heterocycles. The molecule has 174 valence electrons. The lowest BCUT2D eigenvalue weighted by Crippen LogP contribution is -2.35. The molecule has 7 nitrogen and oxygen atoms in total. The van der Waals surface area contributed by atoms with E-state index in [-0.39, 0.29) is 29.5 Å². The first-order chi connectivity index (χ1) is 15.3. The molecule has 0 aliphatic carbocycles. The van der Waals surface area contributed by atoms with Crippen LogP contribution in [0.5, 0.6) is 5.75 Å². The second-order valence-corrected chi connectivity index (χ2v) is 10.3. The summed E-state index contributed by atoms with van der Waals surface area (Å²) in [6, 6.07) is 14.4. The van der Waals surface area contributed by atoms with Gasteiger partial charge in [-0.1, -0.05) is 36.8 Å². The number of hydrogen-bond donors (Lipinski definition) is 2. The minimum absolute atomic E-state index is 0.00115. The lowest BCUT2D eigenvalue weighted by Gasteiger charge is -2.26. The zero-order chi connectivity index (χ0) is 23.1. The Morgan fingerprint density at radius 2 is 1.72 bits per heavy atom. The summed E-state index contributed by atoms with van der Waals surface area (Å²) < 4.78 is 33.6. The second kappa shape index (κ2) is 10.8. The van der Waals surface area contributed by atoms with Crippen LogP contribution in [-0.4, -0.2) is 44.4 Å². The van der Waals surface area contributed by atoms with Crippen LogP contribution < -0.4 is 15.4 Å². The van der Waals surface area contributed by atoms with Crippen molar-refractivity contribution in [1.82, 2.24) is 9.62 Å². The van der Waals surface area contributed by atoms with Crippen molar-refractivity contribution >= 4 is 21.6 Å². The Bertz CT molecular complexity index is 1000. The highest BCUT2D eigenvalue weighted by Gasteiger charge is 2.27. The highest BCUT2D eigenvalue weighted by Crippen LogP contribution is 2.30.